The van der Waals surface area contributed by atoms with Crippen LogP contribution < -0.4 is 5.32 Å². The summed E-state index contributed by atoms with van der Waals surface area (Å²) in [6.45, 7) is 4.03. The van der Waals surface area contributed by atoms with Crippen molar-refractivity contribution in [2.75, 3.05) is 7.11 Å². The molecule has 0 radical (unpaired) electrons. The summed E-state index contributed by atoms with van der Waals surface area (Å²) in [5, 5.41) is 3.41. The highest BCUT2D eigenvalue weighted by Crippen LogP contribution is 2.35. The number of nitrogens with one attached hydrogen (secondary N) is 1. The van der Waals surface area contributed by atoms with Crippen molar-refractivity contribution < 1.29 is 14.3 Å². The van der Waals surface area contributed by atoms with Gasteiger partial charge in [-0.2, -0.15) is 0 Å². The zero-order chi connectivity index (χ0) is 16.4. The van der Waals surface area contributed by atoms with Crippen molar-refractivity contribution in [3.8, 4) is 0 Å². The van der Waals surface area contributed by atoms with E-state index < -0.39 is 5.72 Å². The number of methoxy groups -OCH3 is 1. The van der Waals surface area contributed by atoms with E-state index in [1.807, 2.05) is 13.0 Å². The van der Waals surface area contributed by atoms with Gasteiger partial charge in [-0.05, 0) is 63.2 Å². The molecule has 2 aliphatic carbocycles. The van der Waals surface area contributed by atoms with Gasteiger partial charge in [0.1, 0.15) is 11.8 Å². The summed E-state index contributed by atoms with van der Waals surface area (Å²) in [6, 6.07) is -0.317. The molecule has 1 fully saturated rings. The van der Waals surface area contributed by atoms with Gasteiger partial charge in [0, 0.05) is 5.57 Å². The standard InChI is InChI=1S/C19H25NO3/c1-13-8-4-6-10-15(13)19(2)20-16(18(21)23-19)12-14-9-5-7-11-17(14)22-3/h7-8,10-11,16,20H,4-6,9,12H2,1-3H3. The minimum atomic E-state index is -0.721. The number of hydrogen-bond acceptors (Lipinski definition) is 4. The largest absolute Gasteiger partial charge is 0.497 e. The number of cyclic esters (lactones) is 1. The van der Waals surface area contributed by atoms with Crippen LogP contribution in [0.15, 0.2) is 46.8 Å². The molecule has 4 nitrogen and oxygen atoms in total. The fourth-order valence-electron chi connectivity index (χ4n) is 3.68. The molecule has 124 valence electrons. The van der Waals surface area contributed by atoms with E-state index in [1.165, 1.54) is 11.1 Å². The molecular weight excluding hydrogens is 290 g/mol. The Kier molecular flexibility index (Phi) is 4.44. The Bertz CT molecular complexity index is 627. The van der Waals surface area contributed by atoms with Crippen LogP contribution in [-0.4, -0.2) is 24.8 Å². The minimum absolute atomic E-state index is 0.177. The lowest BCUT2D eigenvalue weighted by molar-refractivity contribution is -0.145. The van der Waals surface area contributed by atoms with Crippen LogP contribution in [0.1, 0.15) is 46.0 Å². The SMILES string of the molecule is COC1=C(CC2NC(C)(C3=CCCC=C3C)OC2=O)CCC=C1. The van der Waals surface area contributed by atoms with E-state index in [2.05, 4.69) is 30.5 Å². The molecule has 0 amide bonds. The van der Waals surface area contributed by atoms with Crippen LogP contribution in [0.25, 0.3) is 0 Å². The zero-order valence-electron chi connectivity index (χ0n) is 14.1. The molecule has 1 aliphatic heterocycles. The van der Waals surface area contributed by atoms with Gasteiger partial charge in [-0.3, -0.25) is 10.1 Å². The number of esters is 1. The third-order valence-corrected chi connectivity index (χ3v) is 4.84. The van der Waals surface area contributed by atoms with Crippen LogP contribution in [0.4, 0.5) is 0 Å². The summed E-state index contributed by atoms with van der Waals surface area (Å²) in [7, 11) is 1.68. The Balaban J connectivity index is 1.78. The molecule has 1 saturated heterocycles. The molecule has 0 aromatic heterocycles. The molecule has 0 aromatic rings. The summed E-state index contributed by atoms with van der Waals surface area (Å²) in [4.78, 5) is 12.4. The Hall–Kier alpha value is -1.81. The van der Waals surface area contributed by atoms with Crippen molar-refractivity contribution >= 4 is 5.97 Å². The Morgan fingerprint density at radius 1 is 1.35 bits per heavy atom. The lowest BCUT2D eigenvalue weighted by atomic mass is 9.91. The number of carbonyl (C=O) groups is 1. The third kappa shape index (κ3) is 3.13. The topological polar surface area (TPSA) is 47.6 Å². The van der Waals surface area contributed by atoms with Gasteiger partial charge < -0.3 is 9.47 Å². The van der Waals surface area contributed by atoms with Crippen LogP contribution in [-0.2, 0) is 14.3 Å². The maximum absolute atomic E-state index is 12.4. The fourth-order valence-corrected chi connectivity index (χ4v) is 3.68. The summed E-state index contributed by atoms with van der Waals surface area (Å²) in [5.41, 5.74) is 2.74. The van der Waals surface area contributed by atoms with Gasteiger partial charge in [0.2, 0.25) is 0 Å². The van der Waals surface area contributed by atoms with Gasteiger partial charge in [0.15, 0.2) is 5.72 Å². The van der Waals surface area contributed by atoms with E-state index >= 15 is 0 Å². The van der Waals surface area contributed by atoms with E-state index in [0.29, 0.717) is 6.42 Å². The molecule has 2 atom stereocenters. The molecule has 0 spiro atoms. The first-order valence-electron chi connectivity index (χ1n) is 8.34. The number of carbonyl (C=O) groups excluding carboxylic acids is 1. The van der Waals surface area contributed by atoms with E-state index in [9.17, 15) is 4.79 Å². The normalized spacial score (nSPS) is 30.9. The molecule has 1 heterocycles. The second-order valence-electron chi connectivity index (χ2n) is 6.55. The maximum atomic E-state index is 12.4. The molecule has 23 heavy (non-hydrogen) atoms. The molecule has 1 N–H and O–H groups in total. The van der Waals surface area contributed by atoms with Crippen LogP contribution in [0.5, 0.6) is 0 Å². The highest BCUT2D eigenvalue weighted by molar-refractivity contribution is 5.80. The van der Waals surface area contributed by atoms with Gasteiger partial charge in [0.05, 0.1) is 7.11 Å². The lowest BCUT2D eigenvalue weighted by Gasteiger charge is -2.29. The van der Waals surface area contributed by atoms with Gasteiger partial charge in [-0.1, -0.05) is 18.2 Å². The minimum Gasteiger partial charge on any atom is -0.497 e. The van der Waals surface area contributed by atoms with Crippen molar-refractivity contribution in [3.63, 3.8) is 0 Å². The zero-order valence-corrected chi connectivity index (χ0v) is 14.1. The molecule has 0 saturated carbocycles. The molecule has 0 bridgehead atoms. The molecule has 0 aromatic carbocycles. The third-order valence-electron chi connectivity index (χ3n) is 4.84. The number of allylic oxidation sites excluding steroid dienone is 4. The summed E-state index contributed by atoms with van der Waals surface area (Å²) >= 11 is 0. The van der Waals surface area contributed by atoms with Crippen molar-refractivity contribution in [1.82, 2.24) is 5.32 Å². The van der Waals surface area contributed by atoms with E-state index in [1.54, 1.807) is 7.11 Å². The highest BCUT2D eigenvalue weighted by atomic mass is 16.6. The maximum Gasteiger partial charge on any atom is 0.325 e. The average Bonchev–Trinajstić information content (AvgIpc) is 2.83. The van der Waals surface area contributed by atoms with Crippen molar-refractivity contribution in [2.24, 2.45) is 0 Å². The van der Waals surface area contributed by atoms with Crippen LogP contribution >= 0.6 is 0 Å². The Morgan fingerprint density at radius 2 is 2.13 bits per heavy atom. The van der Waals surface area contributed by atoms with Crippen molar-refractivity contribution in [2.45, 2.75) is 57.7 Å². The quantitative estimate of drug-likeness (QED) is 0.806. The number of hydrogen-bond donors (Lipinski definition) is 1. The van der Waals surface area contributed by atoms with E-state index in [0.717, 1.165) is 37.0 Å². The summed E-state index contributed by atoms with van der Waals surface area (Å²) in [5.74, 6) is 0.705. The first kappa shape index (κ1) is 16.1. The van der Waals surface area contributed by atoms with Gasteiger partial charge >= 0.3 is 5.97 Å². The number of ether oxygens (including phenoxy) is 2. The van der Waals surface area contributed by atoms with Gasteiger partial charge in [-0.15, -0.1) is 0 Å². The van der Waals surface area contributed by atoms with Crippen LogP contribution in [0, 0.1) is 0 Å². The molecule has 3 aliphatic rings. The monoisotopic (exact) mass is 315 g/mol. The molecule has 3 rings (SSSR count). The van der Waals surface area contributed by atoms with Crippen molar-refractivity contribution in [3.05, 3.63) is 46.8 Å². The predicted molar refractivity (Wildman–Crippen MR) is 89.5 cm³/mol. The summed E-state index contributed by atoms with van der Waals surface area (Å²) in [6.07, 6.45) is 13.1. The molecular formula is C19H25NO3. The Labute approximate surface area is 137 Å². The second-order valence-corrected chi connectivity index (χ2v) is 6.55. The van der Waals surface area contributed by atoms with Gasteiger partial charge in [-0.25, -0.2) is 0 Å². The van der Waals surface area contributed by atoms with Gasteiger partial charge in [0.25, 0.3) is 0 Å². The highest BCUT2D eigenvalue weighted by Gasteiger charge is 2.46. The smallest absolute Gasteiger partial charge is 0.325 e. The summed E-state index contributed by atoms with van der Waals surface area (Å²) < 4.78 is 11.2. The first-order chi connectivity index (χ1) is 11.0. The Morgan fingerprint density at radius 3 is 2.87 bits per heavy atom. The average molecular weight is 315 g/mol. The lowest BCUT2D eigenvalue weighted by Crippen LogP contribution is -2.44. The molecule has 4 heteroatoms. The first-order valence-corrected chi connectivity index (χ1v) is 8.34. The van der Waals surface area contributed by atoms with E-state index in [-0.39, 0.29) is 12.0 Å². The van der Waals surface area contributed by atoms with E-state index in [4.69, 9.17) is 9.47 Å². The number of rotatable bonds is 4. The molecule has 2 unspecified atom stereocenters. The van der Waals surface area contributed by atoms with Crippen molar-refractivity contribution in [1.29, 1.82) is 0 Å². The second kappa shape index (κ2) is 6.36. The van der Waals surface area contributed by atoms with Crippen LogP contribution in [0.2, 0.25) is 0 Å². The van der Waals surface area contributed by atoms with Crippen LogP contribution in [0.3, 0.4) is 0 Å². The fraction of sp³-hybridized carbons (Fsp3) is 0.526. The predicted octanol–water partition coefficient (Wildman–Crippen LogP) is 3.52.